The number of hydrogen-bond donors (Lipinski definition) is 2. The topological polar surface area (TPSA) is 85.5 Å². The molecule has 7 heteroatoms. The molecule has 2 N–H and O–H groups in total. The lowest BCUT2D eigenvalue weighted by atomic mass is 9.99. The first-order valence-electron chi connectivity index (χ1n) is 9.22. The van der Waals surface area contributed by atoms with Crippen molar-refractivity contribution in [1.82, 2.24) is 14.8 Å². The maximum atomic E-state index is 12.6. The van der Waals surface area contributed by atoms with Crippen LogP contribution in [0.2, 0.25) is 0 Å². The second-order valence-electron chi connectivity index (χ2n) is 6.97. The summed E-state index contributed by atoms with van der Waals surface area (Å²) in [6.07, 6.45) is 3.27. The molecule has 2 aliphatic rings. The highest BCUT2D eigenvalue weighted by Crippen LogP contribution is 2.24. The molecule has 3 amide bonds. The summed E-state index contributed by atoms with van der Waals surface area (Å²) >= 11 is 0. The highest BCUT2D eigenvalue weighted by molar-refractivity contribution is 5.94. The molecule has 1 aromatic carbocycles. The van der Waals surface area contributed by atoms with Crippen molar-refractivity contribution >= 4 is 23.4 Å². The van der Waals surface area contributed by atoms with Crippen LogP contribution in [0.4, 0.5) is 5.69 Å². The van der Waals surface area contributed by atoms with Crippen LogP contribution in [0.1, 0.15) is 28.0 Å². The molecule has 140 valence electrons. The average Bonchev–Trinajstić information content (AvgIpc) is 3.22. The molecule has 0 radical (unpaired) electrons. The van der Waals surface area contributed by atoms with Crippen LogP contribution in [-0.4, -0.2) is 58.7 Å². The maximum Gasteiger partial charge on any atom is 0.270 e. The van der Waals surface area contributed by atoms with Gasteiger partial charge in [-0.15, -0.1) is 0 Å². The van der Waals surface area contributed by atoms with Gasteiger partial charge >= 0.3 is 0 Å². The molecule has 2 aliphatic heterocycles. The number of aromatic nitrogens is 1. The van der Waals surface area contributed by atoms with Gasteiger partial charge in [0, 0.05) is 44.5 Å². The molecular formula is C20H22N4O3. The summed E-state index contributed by atoms with van der Waals surface area (Å²) in [5.41, 5.74) is 3.47. The van der Waals surface area contributed by atoms with Crippen LogP contribution in [0, 0.1) is 0 Å². The first-order chi connectivity index (χ1) is 13.1. The van der Waals surface area contributed by atoms with Crippen LogP contribution < -0.4 is 5.32 Å². The second-order valence-corrected chi connectivity index (χ2v) is 6.97. The molecular weight excluding hydrogens is 344 g/mol. The van der Waals surface area contributed by atoms with Crippen LogP contribution in [0.5, 0.6) is 0 Å². The monoisotopic (exact) mass is 366 g/mol. The third kappa shape index (κ3) is 3.72. The number of amides is 3. The lowest BCUT2D eigenvalue weighted by Crippen LogP contribution is -2.51. The number of anilines is 1. The van der Waals surface area contributed by atoms with Gasteiger partial charge in [-0.25, -0.2) is 0 Å². The zero-order chi connectivity index (χ0) is 18.8. The molecule has 0 saturated carbocycles. The minimum absolute atomic E-state index is 0.0242. The number of nitrogens with zero attached hydrogens (tertiary/aromatic N) is 2. The largest absolute Gasteiger partial charge is 0.357 e. The standard InChI is InChI=1S/C20H22N4O3/c25-18-6-4-15-12-14(3-5-16(15)22-18)13-19(26)23-8-10-24(11-9-23)20(27)17-2-1-7-21-17/h1-3,5,7,12,21H,4,6,8-11,13H2,(H,22,25). The third-order valence-corrected chi connectivity index (χ3v) is 5.17. The third-order valence-electron chi connectivity index (χ3n) is 5.17. The number of aromatic amines is 1. The Labute approximate surface area is 157 Å². The van der Waals surface area contributed by atoms with Crippen LogP contribution in [0.25, 0.3) is 0 Å². The van der Waals surface area contributed by atoms with E-state index in [9.17, 15) is 14.4 Å². The Hall–Kier alpha value is -3.09. The number of H-pyrrole nitrogens is 1. The number of hydrogen-bond acceptors (Lipinski definition) is 3. The van der Waals surface area contributed by atoms with Crippen LogP contribution in [0.15, 0.2) is 36.5 Å². The molecule has 1 aromatic heterocycles. The van der Waals surface area contributed by atoms with E-state index in [2.05, 4.69) is 10.3 Å². The van der Waals surface area contributed by atoms with E-state index in [1.165, 1.54) is 0 Å². The Morgan fingerprint density at radius 3 is 2.52 bits per heavy atom. The van der Waals surface area contributed by atoms with E-state index >= 15 is 0 Å². The Kier molecular flexibility index (Phi) is 4.66. The average molecular weight is 366 g/mol. The molecule has 0 atom stereocenters. The number of carbonyl (C=O) groups is 3. The quantitative estimate of drug-likeness (QED) is 0.862. The number of benzene rings is 1. The molecule has 27 heavy (non-hydrogen) atoms. The Bertz CT molecular complexity index is 867. The SMILES string of the molecule is O=C1CCc2cc(CC(=O)N3CCN(C(=O)c4ccc[nH]4)CC3)ccc2N1. The van der Waals surface area contributed by atoms with Gasteiger partial charge in [-0.05, 0) is 35.7 Å². The highest BCUT2D eigenvalue weighted by Gasteiger charge is 2.25. The predicted octanol–water partition coefficient (Wildman–Crippen LogP) is 1.43. The van der Waals surface area contributed by atoms with Gasteiger partial charge < -0.3 is 20.1 Å². The summed E-state index contributed by atoms with van der Waals surface area (Å²) in [6, 6.07) is 9.35. The Morgan fingerprint density at radius 1 is 1.00 bits per heavy atom. The van der Waals surface area contributed by atoms with Crippen LogP contribution in [0.3, 0.4) is 0 Å². The fraction of sp³-hybridized carbons (Fsp3) is 0.350. The molecule has 7 nitrogen and oxygen atoms in total. The number of piperazine rings is 1. The summed E-state index contributed by atoms with van der Waals surface area (Å²) in [5, 5.41) is 2.86. The minimum Gasteiger partial charge on any atom is -0.357 e. The number of aryl methyl sites for hydroxylation is 1. The van der Waals surface area contributed by atoms with Gasteiger partial charge in [0.15, 0.2) is 0 Å². The van der Waals surface area contributed by atoms with Gasteiger partial charge in [-0.1, -0.05) is 12.1 Å². The summed E-state index contributed by atoms with van der Waals surface area (Å²) in [6.45, 7) is 2.18. The van der Waals surface area contributed by atoms with E-state index < -0.39 is 0 Å². The van der Waals surface area contributed by atoms with Crippen molar-refractivity contribution in [1.29, 1.82) is 0 Å². The maximum absolute atomic E-state index is 12.6. The molecule has 1 fully saturated rings. The lowest BCUT2D eigenvalue weighted by Gasteiger charge is -2.34. The van der Waals surface area contributed by atoms with Crippen molar-refractivity contribution in [2.75, 3.05) is 31.5 Å². The van der Waals surface area contributed by atoms with Crippen molar-refractivity contribution < 1.29 is 14.4 Å². The van der Waals surface area contributed by atoms with Gasteiger partial charge in [-0.3, -0.25) is 14.4 Å². The molecule has 3 heterocycles. The van der Waals surface area contributed by atoms with Gasteiger partial charge in [-0.2, -0.15) is 0 Å². The second kappa shape index (κ2) is 7.26. The van der Waals surface area contributed by atoms with Crippen molar-refractivity contribution in [3.63, 3.8) is 0 Å². The Balaban J connectivity index is 1.33. The fourth-order valence-electron chi connectivity index (χ4n) is 3.63. The first-order valence-corrected chi connectivity index (χ1v) is 9.22. The minimum atomic E-state index is -0.0242. The molecule has 0 unspecified atom stereocenters. The number of fused-ring (bicyclic) bond motifs is 1. The van der Waals surface area contributed by atoms with Gasteiger partial charge in [0.25, 0.3) is 5.91 Å². The summed E-state index contributed by atoms with van der Waals surface area (Å²) < 4.78 is 0. The Morgan fingerprint density at radius 2 is 1.78 bits per heavy atom. The zero-order valence-electron chi connectivity index (χ0n) is 15.0. The van der Waals surface area contributed by atoms with E-state index in [-0.39, 0.29) is 17.7 Å². The van der Waals surface area contributed by atoms with Gasteiger partial charge in [0.1, 0.15) is 5.69 Å². The highest BCUT2D eigenvalue weighted by atomic mass is 16.2. The van der Waals surface area contributed by atoms with E-state index in [1.54, 1.807) is 23.2 Å². The molecule has 0 aliphatic carbocycles. The van der Waals surface area contributed by atoms with E-state index in [1.807, 2.05) is 23.1 Å². The van der Waals surface area contributed by atoms with Crippen molar-refractivity contribution in [2.45, 2.75) is 19.3 Å². The van der Waals surface area contributed by atoms with Crippen molar-refractivity contribution in [2.24, 2.45) is 0 Å². The summed E-state index contributed by atoms with van der Waals surface area (Å²) in [7, 11) is 0. The normalized spacial score (nSPS) is 16.7. The first kappa shape index (κ1) is 17.3. The molecule has 0 bridgehead atoms. The van der Waals surface area contributed by atoms with Crippen LogP contribution >= 0.6 is 0 Å². The van der Waals surface area contributed by atoms with Crippen molar-refractivity contribution in [3.05, 3.63) is 53.3 Å². The zero-order valence-corrected chi connectivity index (χ0v) is 15.0. The number of nitrogens with one attached hydrogen (secondary N) is 2. The smallest absolute Gasteiger partial charge is 0.270 e. The van der Waals surface area contributed by atoms with E-state index in [4.69, 9.17) is 0 Å². The molecule has 4 rings (SSSR count). The van der Waals surface area contributed by atoms with Crippen LogP contribution in [-0.2, 0) is 22.4 Å². The molecule has 1 saturated heterocycles. The predicted molar refractivity (Wildman–Crippen MR) is 100 cm³/mol. The fourth-order valence-corrected chi connectivity index (χ4v) is 3.63. The van der Waals surface area contributed by atoms with E-state index in [0.717, 1.165) is 16.8 Å². The van der Waals surface area contributed by atoms with Crippen molar-refractivity contribution in [3.8, 4) is 0 Å². The van der Waals surface area contributed by atoms with E-state index in [0.29, 0.717) is 51.1 Å². The number of rotatable bonds is 3. The summed E-state index contributed by atoms with van der Waals surface area (Å²) in [4.78, 5) is 43.0. The molecule has 0 spiro atoms. The number of carbonyl (C=O) groups excluding carboxylic acids is 3. The van der Waals surface area contributed by atoms with Gasteiger partial charge in [0.05, 0.1) is 6.42 Å². The molecule has 2 aromatic rings. The lowest BCUT2D eigenvalue weighted by molar-refractivity contribution is -0.132. The van der Waals surface area contributed by atoms with Gasteiger partial charge in [0.2, 0.25) is 11.8 Å². The summed E-state index contributed by atoms with van der Waals surface area (Å²) in [5.74, 6) is 0.0868.